The van der Waals surface area contributed by atoms with Gasteiger partial charge >= 0.3 is 0 Å². The molecule has 7 heteroatoms. The van der Waals surface area contributed by atoms with Crippen molar-refractivity contribution < 1.29 is 13.9 Å². The van der Waals surface area contributed by atoms with Gasteiger partial charge < -0.3 is 20.3 Å². The first kappa shape index (κ1) is 20.2. The average molecular weight is 372 g/mol. The maximum atomic E-state index is 13.0. The number of aliphatic imine (C=N–C) groups is 1. The smallest absolute Gasteiger partial charge is 0.239 e. The zero-order chi connectivity index (χ0) is 19.6. The van der Waals surface area contributed by atoms with E-state index >= 15 is 0 Å². The molecule has 2 N–H and O–H groups in total. The van der Waals surface area contributed by atoms with E-state index < -0.39 is 0 Å². The van der Waals surface area contributed by atoms with Crippen LogP contribution in [-0.4, -0.2) is 44.5 Å². The lowest BCUT2D eigenvalue weighted by Crippen LogP contribution is -2.43. The summed E-state index contributed by atoms with van der Waals surface area (Å²) >= 11 is 0. The maximum Gasteiger partial charge on any atom is 0.239 e. The zero-order valence-corrected chi connectivity index (χ0v) is 15.8. The topological polar surface area (TPSA) is 66.0 Å². The van der Waals surface area contributed by atoms with Gasteiger partial charge in [-0.05, 0) is 35.4 Å². The minimum Gasteiger partial charge on any atom is -0.497 e. The molecular formula is C20H25FN4O2. The number of halogens is 1. The molecule has 0 heterocycles. The Morgan fingerprint density at radius 3 is 2.30 bits per heavy atom. The Morgan fingerprint density at radius 1 is 1.07 bits per heavy atom. The summed E-state index contributed by atoms with van der Waals surface area (Å²) in [5, 5.41) is 5.88. The van der Waals surface area contributed by atoms with E-state index in [4.69, 9.17) is 4.74 Å². The molecule has 0 atom stereocenters. The van der Waals surface area contributed by atoms with Gasteiger partial charge in [0.2, 0.25) is 5.91 Å². The highest BCUT2D eigenvalue weighted by molar-refractivity contribution is 5.86. The highest BCUT2D eigenvalue weighted by Crippen LogP contribution is 2.10. The van der Waals surface area contributed by atoms with Crippen LogP contribution in [0.25, 0.3) is 0 Å². The van der Waals surface area contributed by atoms with Gasteiger partial charge in [0.05, 0.1) is 13.7 Å². The van der Waals surface area contributed by atoms with Crippen LogP contribution in [0.4, 0.5) is 4.39 Å². The van der Waals surface area contributed by atoms with Gasteiger partial charge in [-0.15, -0.1) is 0 Å². The van der Waals surface area contributed by atoms with Crippen LogP contribution in [-0.2, 0) is 17.9 Å². The predicted octanol–water partition coefficient (Wildman–Crippen LogP) is 2.16. The second kappa shape index (κ2) is 10.2. The van der Waals surface area contributed by atoms with Crippen molar-refractivity contribution in [2.45, 2.75) is 13.1 Å². The molecule has 6 nitrogen and oxygen atoms in total. The van der Waals surface area contributed by atoms with Crippen molar-refractivity contribution in [1.82, 2.24) is 15.5 Å². The molecule has 2 aromatic rings. The van der Waals surface area contributed by atoms with Crippen LogP contribution >= 0.6 is 0 Å². The predicted molar refractivity (Wildman–Crippen MR) is 104 cm³/mol. The van der Waals surface area contributed by atoms with E-state index in [1.54, 1.807) is 26.3 Å². The molecule has 0 bridgehead atoms. The first-order chi connectivity index (χ1) is 13.0. The lowest BCUT2D eigenvalue weighted by molar-refractivity contribution is -0.120. The third kappa shape index (κ3) is 6.62. The first-order valence-electron chi connectivity index (χ1n) is 8.57. The number of ether oxygens (including phenoxy) is 1. The van der Waals surface area contributed by atoms with Crippen LogP contribution < -0.4 is 15.4 Å². The Hall–Kier alpha value is -3.09. The molecule has 2 rings (SSSR count). The summed E-state index contributed by atoms with van der Waals surface area (Å²) in [6, 6.07) is 13.8. The molecule has 0 aliphatic carbocycles. The number of amides is 1. The van der Waals surface area contributed by atoms with Crippen LogP contribution in [0.3, 0.4) is 0 Å². The Labute approximate surface area is 159 Å². The van der Waals surface area contributed by atoms with E-state index in [1.807, 2.05) is 36.2 Å². The molecule has 0 aliphatic rings. The van der Waals surface area contributed by atoms with E-state index in [1.165, 1.54) is 12.1 Å². The third-order valence-corrected chi connectivity index (χ3v) is 3.96. The number of nitrogens with one attached hydrogen (secondary N) is 2. The molecule has 0 unspecified atom stereocenters. The summed E-state index contributed by atoms with van der Waals surface area (Å²) in [4.78, 5) is 18.1. The van der Waals surface area contributed by atoms with Gasteiger partial charge in [0.1, 0.15) is 11.6 Å². The lowest BCUT2D eigenvalue weighted by Gasteiger charge is -2.22. The number of methoxy groups -OCH3 is 1. The summed E-state index contributed by atoms with van der Waals surface area (Å²) in [7, 11) is 5.12. The quantitative estimate of drug-likeness (QED) is 0.577. The van der Waals surface area contributed by atoms with Crippen molar-refractivity contribution in [2.24, 2.45) is 4.99 Å². The van der Waals surface area contributed by atoms with Crippen molar-refractivity contribution in [3.63, 3.8) is 0 Å². The summed E-state index contributed by atoms with van der Waals surface area (Å²) in [5.74, 6) is 0.957. The minimum atomic E-state index is -0.266. The largest absolute Gasteiger partial charge is 0.497 e. The summed E-state index contributed by atoms with van der Waals surface area (Å²) in [6.07, 6.45) is 0. The highest BCUT2D eigenvalue weighted by atomic mass is 19.1. The maximum absolute atomic E-state index is 13.0. The van der Waals surface area contributed by atoms with Gasteiger partial charge in [-0.2, -0.15) is 0 Å². The van der Waals surface area contributed by atoms with Crippen molar-refractivity contribution >= 4 is 11.9 Å². The van der Waals surface area contributed by atoms with Crippen LogP contribution in [0, 0.1) is 5.82 Å². The van der Waals surface area contributed by atoms with Gasteiger partial charge in [0.15, 0.2) is 5.96 Å². The second-order valence-corrected chi connectivity index (χ2v) is 6.01. The summed E-state index contributed by atoms with van der Waals surface area (Å²) in [6.45, 7) is 1.10. The van der Waals surface area contributed by atoms with Gasteiger partial charge in [0, 0.05) is 27.2 Å². The van der Waals surface area contributed by atoms with Crippen LogP contribution in [0.1, 0.15) is 11.1 Å². The molecule has 0 aromatic heterocycles. The number of carbonyl (C=O) groups excluding carboxylic acids is 1. The molecule has 0 fully saturated rings. The molecule has 0 aliphatic heterocycles. The van der Waals surface area contributed by atoms with Gasteiger partial charge in [0.25, 0.3) is 0 Å². The normalized spacial score (nSPS) is 11.0. The lowest BCUT2D eigenvalue weighted by atomic mass is 10.2. The number of carbonyl (C=O) groups is 1. The van der Waals surface area contributed by atoms with Gasteiger partial charge in [-0.1, -0.05) is 24.3 Å². The van der Waals surface area contributed by atoms with Crippen LogP contribution in [0.2, 0.25) is 0 Å². The molecule has 27 heavy (non-hydrogen) atoms. The summed E-state index contributed by atoms with van der Waals surface area (Å²) < 4.78 is 18.1. The number of nitrogens with zero attached hydrogens (tertiary/aromatic N) is 2. The highest BCUT2D eigenvalue weighted by Gasteiger charge is 2.09. The number of guanidine groups is 1. The van der Waals surface area contributed by atoms with Crippen molar-refractivity contribution in [1.29, 1.82) is 0 Å². The average Bonchev–Trinajstić information content (AvgIpc) is 2.69. The standard InChI is InChI=1S/C20H25FN4O2/c1-22-20(25(2)14-16-4-8-17(21)9-5-16)24-13-19(26)23-12-15-6-10-18(27-3)11-7-15/h4-11H,12-14H2,1-3H3,(H,22,24)(H,23,26). The Morgan fingerprint density at radius 2 is 1.70 bits per heavy atom. The number of benzene rings is 2. The fraction of sp³-hybridized carbons (Fsp3) is 0.300. The number of rotatable bonds is 7. The molecule has 0 radical (unpaired) electrons. The number of hydrogen-bond donors (Lipinski definition) is 2. The SMILES string of the molecule is CN=C(NCC(=O)NCc1ccc(OC)cc1)N(C)Cc1ccc(F)cc1. The monoisotopic (exact) mass is 372 g/mol. The second-order valence-electron chi connectivity index (χ2n) is 6.01. The van der Waals surface area contributed by atoms with E-state index in [0.717, 1.165) is 16.9 Å². The Kier molecular flexibility index (Phi) is 7.61. The minimum absolute atomic E-state index is 0.108. The number of hydrogen-bond acceptors (Lipinski definition) is 3. The Balaban J connectivity index is 1.78. The Bertz CT molecular complexity index is 761. The van der Waals surface area contributed by atoms with E-state index in [-0.39, 0.29) is 18.3 Å². The van der Waals surface area contributed by atoms with E-state index in [2.05, 4.69) is 15.6 Å². The van der Waals surface area contributed by atoms with E-state index in [9.17, 15) is 9.18 Å². The molecule has 0 saturated carbocycles. The van der Waals surface area contributed by atoms with Gasteiger partial charge in [-0.25, -0.2) is 4.39 Å². The third-order valence-electron chi connectivity index (χ3n) is 3.96. The van der Waals surface area contributed by atoms with Crippen molar-refractivity contribution in [2.75, 3.05) is 27.7 Å². The molecule has 0 spiro atoms. The molecular weight excluding hydrogens is 347 g/mol. The molecule has 1 amide bonds. The van der Waals surface area contributed by atoms with Gasteiger partial charge in [-0.3, -0.25) is 9.79 Å². The molecule has 0 saturated heterocycles. The summed E-state index contributed by atoms with van der Waals surface area (Å²) in [5.41, 5.74) is 1.94. The first-order valence-corrected chi connectivity index (χ1v) is 8.57. The fourth-order valence-corrected chi connectivity index (χ4v) is 2.49. The molecule has 144 valence electrons. The molecule has 2 aromatic carbocycles. The fourth-order valence-electron chi connectivity index (χ4n) is 2.49. The van der Waals surface area contributed by atoms with Crippen molar-refractivity contribution in [3.8, 4) is 5.75 Å². The van der Waals surface area contributed by atoms with Crippen LogP contribution in [0.15, 0.2) is 53.5 Å². The zero-order valence-electron chi connectivity index (χ0n) is 15.8. The van der Waals surface area contributed by atoms with E-state index in [0.29, 0.717) is 19.0 Å². The van der Waals surface area contributed by atoms with Crippen molar-refractivity contribution in [3.05, 3.63) is 65.5 Å². The van der Waals surface area contributed by atoms with Crippen LogP contribution in [0.5, 0.6) is 5.75 Å².